The highest BCUT2D eigenvalue weighted by Gasteiger charge is 2.47. The van der Waals surface area contributed by atoms with E-state index in [-0.39, 0.29) is 18.4 Å². The van der Waals surface area contributed by atoms with Crippen LogP contribution in [0.5, 0.6) is 0 Å². The number of unbranched alkanes of at least 4 members (excludes halogenated alkanes) is 4. The minimum absolute atomic E-state index is 0.275. The first-order valence-corrected chi connectivity index (χ1v) is 9.77. The third kappa shape index (κ3) is 5.55. The number of urea groups is 1. The van der Waals surface area contributed by atoms with Gasteiger partial charge in [0.15, 0.2) is 0 Å². The number of amides is 4. The summed E-state index contributed by atoms with van der Waals surface area (Å²) in [6, 6.07) is 5.24. The number of hydrogen-bond donors (Lipinski definition) is 2. The predicted octanol–water partition coefficient (Wildman–Crippen LogP) is 3.91. The van der Waals surface area contributed by atoms with Crippen molar-refractivity contribution in [2.75, 3.05) is 11.9 Å². The number of nitrogens with one attached hydrogen (secondary N) is 2. The van der Waals surface area contributed by atoms with Crippen molar-refractivity contribution >= 4 is 23.5 Å². The van der Waals surface area contributed by atoms with Crippen LogP contribution in [0.4, 0.5) is 10.5 Å². The summed E-state index contributed by atoms with van der Waals surface area (Å²) in [5.74, 6) is -0.700. The molecule has 1 atom stereocenters. The Bertz CT molecular complexity index is 696. The van der Waals surface area contributed by atoms with E-state index in [0.29, 0.717) is 12.1 Å². The Morgan fingerprint density at radius 2 is 1.70 bits per heavy atom. The van der Waals surface area contributed by atoms with Crippen molar-refractivity contribution in [1.82, 2.24) is 10.2 Å². The van der Waals surface area contributed by atoms with Gasteiger partial charge < -0.3 is 10.6 Å². The molecule has 148 valence electrons. The van der Waals surface area contributed by atoms with E-state index >= 15 is 0 Å². The molecule has 4 amide bonds. The lowest BCUT2D eigenvalue weighted by Crippen LogP contribution is -2.44. The Balaban J connectivity index is 1.93. The average Bonchev–Trinajstić information content (AvgIpc) is 2.77. The van der Waals surface area contributed by atoms with Crippen molar-refractivity contribution in [1.29, 1.82) is 0 Å². The molecular weight excluding hydrogens is 342 g/mol. The minimum Gasteiger partial charge on any atom is -0.325 e. The quantitative estimate of drug-likeness (QED) is 0.509. The second-order valence-corrected chi connectivity index (χ2v) is 7.74. The maximum atomic E-state index is 12.7. The molecule has 0 aromatic heterocycles. The lowest BCUT2D eigenvalue weighted by Gasteiger charge is -2.21. The van der Waals surface area contributed by atoms with E-state index in [9.17, 15) is 14.4 Å². The summed E-state index contributed by atoms with van der Waals surface area (Å²) in [7, 11) is 0. The van der Waals surface area contributed by atoms with E-state index < -0.39 is 11.6 Å². The average molecular weight is 373 g/mol. The number of anilines is 1. The van der Waals surface area contributed by atoms with Crippen LogP contribution in [-0.2, 0) is 9.59 Å². The van der Waals surface area contributed by atoms with Crippen LogP contribution in [-0.4, -0.2) is 34.8 Å². The van der Waals surface area contributed by atoms with E-state index in [0.717, 1.165) is 41.7 Å². The van der Waals surface area contributed by atoms with Crippen molar-refractivity contribution in [3.05, 3.63) is 29.3 Å². The SMILES string of the molecule is CCCCCCC[C@@]1(C)NC(=O)N(CC(=O)Nc2cc(C)cc(C)c2)C1=O. The highest BCUT2D eigenvalue weighted by atomic mass is 16.2. The van der Waals surface area contributed by atoms with E-state index in [1.807, 2.05) is 32.0 Å². The number of carbonyl (C=O) groups is 3. The standard InChI is InChI=1S/C21H31N3O3/c1-5-6-7-8-9-10-21(4)19(26)24(20(27)23-21)14-18(25)22-17-12-15(2)11-16(3)13-17/h11-13H,5-10,14H2,1-4H3,(H,22,25)(H,23,27)/t21-/m1/s1. The topological polar surface area (TPSA) is 78.5 Å². The summed E-state index contributed by atoms with van der Waals surface area (Å²) in [6.07, 6.45) is 6.00. The summed E-state index contributed by atoms with van der Waals surface area (Å²) in [5.41, 5.74) is 1.83. The van der Waals surface area contributed by atoms with Gasteiger partial charge >= 0.3 is 6.03 Å². The van der Waals surface area contributed by atoms with Crippen LogP contribution in [0.15, 0.2) is 18.2 Å². The number of nitrogens with zero attached hydrogens (tertiary/aromatic N) is 1. The van der Waals surface area contributed by atoms with Crippen LogP contribution in [0.3, 0.4) is 0 Å². The van der Waals surface area contributed by atoms with Gasteiger partial charge in [0.25, 0.3) is 5.91 Å². The molecule has 1 heterocycles. The van der Waals surface area contributed by atoms with E-state index in [2.05, 4.69) is 17.6 Å². The molecule has 1 aromatic rings. The molecule has 1 aliphatic heterocycles. The van der Waals surface area contributed by atoms with Crippen molar-refractivity contribution in [3.63, 3.8) is 0 Å². The third-order valence-corrected chi connectivity index (χ3v) is 4.93. The number of aryl methyl sites for hydroxylation is 2. The molecule has 2 rings (SSSR count). The molecule has 0 aliphatic carbocycles. The molecule has 6 nitrogen and oxygen atoms in total. The van der Waals surface area contributed by atoms with E-state index in [4.69, 9.17) is 0 Å². The molecule has 0 unspecified atom stereocenters. The number of hydrogen-bond acceptors (Lipinski definition) is 3. The molecule has 6 heteroatoms. The Labute approximate surface area is 161 Å². The highest BCUT2D eigenvalue weighted by molar-refractivity contribution is 6.09. The van der Waals surface area contributed by atoms with Crippen LogP contribution in [0.2, 0.25) is 0 Å². The Morgan fingerprint density at radius 1 is 1.07 bits per heavy atom. The second kappa shape index (κ2) is 9.02. The monoisotopic (exact) mass is 373 g/mol. The molecule has 1 saturated heterocycles. The van der Waals surface area contributed by atoms with Gasteiger partial charge in [-0.3, -0.25) is 14.5 Å². The van der Waals surface area contributed by atoms with Gasteiger partial charge in [-0.2, -0.15) is 0 Å². The fraction of sp³-hybridized carbons (Fsp3) is 0.571. The molecule has 1 fully saturated rings. The first-order valence-electron chi connectivity index (χ1n) is 9.77. The maximum Gasteiger partial charge on any atom is 0.325 e. The summed E-state index contributed by atoms with van der Waals surface area (Å²) in [4.78, 5) is 38.3. The molecule has 0 saturated carbocycles. The summed E-state index contributed by atoms with van der Waals surface area (Å²) >= 11 is 0. The van der Waals surface area contributed by atoms with E-state index in [1.54, 1.807) is 6.92 Å². The van der Waals surface area contributed by atoms with E-state index in [1.165, 1.54) is 6.42 Å². The maximum absolute atomic E-state index is 12.7. The molecule has 0 radical (unpaired) electrons. The first-order chi connectivity index (χ1) is 12.7. The molecule has 1 aromatic carbocycles. The van der Waals surface area contributed by atoms with Crippen LogP contribution in [0, 0.1) is 13.8 Å². The molecule has 2 N–H and O–H groups in total. The smallest absolute Gasteiger partial charge is 0.325 e. The van der Waals surface area contributed by atoms with Crippen LogP contribution in [0.1, 0.15) is 63.5 Å². The second-order valence-electron chi connectivity index (χ2n) is 7.74. The zero-order valence-electron chi connectivity index (χ0n) is 16.9. The Morgan fingerprint density at radius 3 is 2.33 bits per heavy atom. The first kappa shape index (κ1) is 20.9. The zero-order valence-corrected chi connectivity index (χ0v) is 16.9. The normalized spacial score (nSPS) is 19.3. The predicted molar refractivity (Wildman–Crippen MR) is 107 cm³/mol. The lowest BCUT2D eigenvalue weighted by atomic mass is 9.94. The number of benzene rings is 1. The van der Waals surface area contributed by atoms with Gasteiger partial charge in [0.2, 0.25) is 5.91 Å². The van der Waals surface area contributed by atoms with Crippen LogP contribution < -0.4 is 10.6 Å². The third-order valence-electron chi connectivity index (χ3n) is 4.93. The molecule has 0 spiro atoms. The van der Waals surface area contributed by atoms with Crippen LogP contribution in [0.25, 0.3) is 0 Å². The van der Waals surface area contributed by atoms with Crippen molar-refractivity contribution < 1.29 is 14.4 Å². The largest absolute Gasteiger partial charge is 0.325 e. The number of rotatable bonds is 9. The number of carbonyl (C=O) groups excluding carboxylic acids is 3. The lowest BCUT2D eigenvalue weighted by molar-refractivity contribution is -0.133. The molecular formula is C21H31N3O3. The number of imide groups is 1. The summed E-state index contributed by atoms with van der Waals surface area (Å²) in [5, 5.41) is 5.54. The van der Waals surface area contributed by atoms with Crippen molar-refractivity contribution in [3.8, 4) is 0 Å². The molecule has 27 heavy (non-hydrogen) atoms. The van der Waals surface area contributed by atoms with Crippen molar-refractivity contribution in [2.24, 2.45) is 0 Å². The van der Waals surface area contributed by atoms with Gasteiger partial charge in [-0.05, 0) is 50.5 Å². The van der Waals surface area contributed by atoms with Crippen molar-refractivity contribution in [2.45, 2.75) is 71.8 Å². The van der Waals surface area contributed by atoms with Gasteiger partial charge in [0, 0.05) is 5.69 Å². The van der Waals surface area contributed by atoms with Gasteiger partial charge in [0.05, 0.1) is 0 Å². The molecule has 0 bridgehead atoms. The summed E-state index contributed by atoms with van der Waals surface area (Å²) < 4.78 is 0. The zero-order chi connectivity index (χ0) is 20.0. The van der Waals surface area contributed by atoms with Gasteiger partial charge in [-0.25, -0.2) is 4.79 Å². The highest BCUT2D eigenvalue weighted by Crippen LogP contribution is 2.24. The van der Waals surface area contributed by atoms with Gasteiger partial charge in [-0.15, -0.1) is 0 Å². The van der Waals surface area contributed by atoms with Crippen LogP contribution >= 0.6 is 0 Å². The van der Waals surface area contributed by atoms with Gasteiger partial charge in [-0.1, -0.05) is 45.1 Å². The minimum atomic E-state index is -0.913. The Hall–Kier alpha value is -2.37. The summed E-state index contributed by atoms with van der Waals surface area (Å²) in [6.45, 7) is 7.53. The molecule has 1 aliphatic rings. The fourth-order valence-corrected chi connectivity index (χ4v) is 3.53. The van der Waals surface area contributed by atoms with Gasteiger partial charge in [0.1, 0.15) is 12.1 Å². The fourth-order valence-electron chi connectivity index (χ4n) is 3.53. The Kier molecular flexibility index (Phi) is 6.99.